The Hall–Kier alpha value is -3.93. The van der Waals surface area contributed by atoms with E-state index in [4.69, 9.17) is 16.6 Å². The van der Waals surface area contributed by atoms with Crippen molar-refractivity contribution >= 4 is 57.6 Å². The third-order valence-electron chi connectivity index (χ3n) is 4.44. The fraction of sp³-hybridized carbons (Fsp3) is 0.211. The molecule has 12 heteroatoms. The average Bonchev–Trinajstić information content (AvgIpc) is 3.32. The van der Waals surface area contributed by atoms with Gasteiger partial charge in [-0.05, 0) is 30.2 Å². The van der Waals surface area contributed by atoms with Gasteiger partial charge in [0.2, 0.25) is 5.95 Å². The molecule has 0 radical (unpaired) electrons. The second-order valence-corrected chi connectivity index (χ2v) is 7.79. The first-order valence-corrected chi connectivity index (χ1v) is 9.88. The minimum atomic E-state index is -1.30. The summed E-state index contributed by atoms with van der Waals surface area (Å²) in [7, 11) is 0. The Morgan fingerprint density at radius 1 is 1.16 bits per heavy atom. The number of anilines is 2. The van der Waals surface area contributed by atoms with Gasteiger partial charge in [0.1, 0.15) is 11.6 Å². The number of carboxylic acids is 2. The predicted molar refractivity (Wildman–Crippen MR) is 115 cm³/mol. The zero-order chi connectivity index (χ0) is 22.7. The summed E-state index contributed by atoms with van der Waals surface area (Å²) in [5.74, 6) is -2.70. The number of rotatable bonds is 9. The standard InChI is InChI=1S/C19H20N6O5S/c1-9(8-25-7-6-10-15(25)16(20)24-19(21)23-10)12-3-4-13(31-12)17(28)22-11(18(29)30)2-5-14(26)27/h3-4,6-7,11H,1-2,5,8H2,(H,22,28)(H,26,27)(H,29,30)(H4,20,21,23,24)/t11-/m1/s1. The van der Waals surface area contributed by atoms with Crippen molar-refractivity contribution in [1.29, 1.82) is 0 Å². The van der Waals surface area contributed by atoms with Crippen LogP contribution in [-0.4, -0.2) is 48.6 Å². The van der Waals surface area contributed by atoms with Crippen LogP contribution in [0.15, 0.2) is 31.0 Å². The first-order chi connectivity index (χ1) is 14.7. The van der Waals surface area contributed by atoms with Crippen LogP contribution in [0, 0.1) is 0 Å². The van der Waals surface area contributed by atoms with Gasteiger partial charge >= 0.3 is 11.9 Å². The molecule has 31 heavy (non-hydrogen) atoms. The molecule has 0 aliphatic rings. The largest absolute Gasteiger partial charge is 0.481 e. The van der Waals surface area contributed by atoms with E-state index in [-0.39, 0.29) is 29.5 Å². The van der Waals surface area contributed by atoms with E-state index in [1.54, 1.807) is 24.4 Å². The number of nitrogens with one attached hydrogen (secondary N) is 1. The Morgan fingerprint density at radius 2 is 1.87 bits per heavy atom. The summed E-state index contributed by atoms with van der Waals surface area (Å²) in [6.45, 7) is 4.42. The van der Waals surface area contributed by atoms with Crippen molar-refractivity contribution in [1.82, 2.24) is 19.9 Å². The fourth-order valence-electron chi connectivity index (χ4n) is 2.97. The molecule has 162 valence electrons. The monoisotopic (exact) mass is 444 g/mol. The molecule has 7 N–H and O–H groups in total. The third kappa shape index (κ3) is 4.98. The molecule has 0 unspecified atom stereocenters. The van der Waals surface area contributed by atoms with Gasteiger partial charge in [-0.15, -0.1) is 11.3 Å². The molecule has 1 amide bonds. The lowest BCUT2D eigenvalue weighted by atomic mass is 10.1. The first-order valence-electron chi connectivity index (χ1n) is 9.07. The lowest BCUT2D eigenvalue weighted by Crippen LogP contribution is -2.40. The van der Waals surface area contributed by atoms with Crippen molar-refractivity contribution in [2.75, 3.05) is 11.5 Å². The van der Waals surface area contributed by atoms with Crippen molar-refractivity contribution in [3.05, 3.63) is 40.7 Å². The van der Waals surface area contributed by atoms with Crippen molar-refractivity contribution in [2.24, 2.45) is 0 Å². The highest BCUT2D eigenvalue weighted by Gasteiger charge is 2.22. The molecule has 1 atom stereocenters. The van der Waals surface area contributed by atoms with Crippen molar-refractivity contribution < 1.29 is 24.6 Å². The molecule has 11 nitrogen and oxygen atoms in total. The zero-order valence-corrected chi connectivity index (χ0v) is 17.1. The van der Waals surface area contributed by atoms with Gasteiger partial charge < -0.3 is 31.6 Å². The summed E-state index contributed by atoms with van der Waals surface area (Å²) in [6.07, 6.45) is 1.20. The van der Waals surface area contributed by atoms with Gasteiger partial charge in [0.15, 0.2) is 5.82 Å². The summed E-state index contributed by atoms with van der Waals surface area (Å²) in [5.41, 5.74) is 13.5. The molecular weight excluding hydrogens is 424 g/mol. The highest BCUT2D eigenvalue weighted by Crippen LogP contribution is 2.27. The number of fused-ring (bicyclic) bond motifs is 1. The smallest absolute Gasteiger partial charge is 0.326 e. The van der Waals surface area contributed by atoms with E-state index in [1.165, 1.54) is 0 Å². The van der Waals surface area contributed by atoms with Crippen LogP contribution in [0.5, 0.6) is 0 Å². The highest BCUT2D eigenvalue weighted by atomic mass is 32.1. The summed E-state index contributed by atoms with van der Waals surface area (Å²) < 4.78 is 1.82. The molecule has 0 saturated heterocycles. The predicted octanol–water partition coefficient (Wildman–Crippen LogP) is 1.42. The number of thiophene rings is 1. The topological polar surface area (TPSA) is 186 Å². The summed E-state index contributed by atoms with van der Waals surface area (Å²) in [6, 6.07) is 3.73. The summed E-state index contributed by atoms with van der Waals surface area (Å²) in [4.78, 5) is 43.5. The molecular formula is C19H20N6O5S. The maximum Gasteiger partial charge on any atom is 0.326 e. The van der Waals surface area contributed by atoms with E-state index in [9.17, 15) is 19.5 Å². The quantitative estimate of drug-likeness (QED) is 0.325. The van der Waals surface area contributed by atoms with Crippen LogP contribution in [0.3, 0.4) is 0 Å². The van der Waals surface area contributed by atoms with Gasteiger partial charge in [0.25, 0.3) is 5.91 Å². The fourth-order valence-corrected chi connectivity index (χ4v) is 3.84. The van der Waals surface area contributed by atoms with Gasteiger partial charge in [-0.2, -0.15) is 4.98 Å². The van der Waals surface area contributed by atoms with E-state index in [1.807, 2.05) is 4.57 Å². The van der Waals surface area contributed by atoms with Crippen LogP contribution in [-0.2, 0) is 16.1 Å². The number of carboxylic acid groups (broad SMARTS) is 2. The SMILES string of the molecule is C=C(Cn1ccc2nc(N)nc(N)c21)c1ccc(C(=O)N[C@H](CCC(=O)O)C(=O)O)s1. The molecule has 3 aromatic rings. The highest BCUT2D eigenvalue weighted by molar-refractivity contribution is 7.15. The molecule has 0 spiro atoms. The Kier molecular flexibility index (Phi) is 6.20. The molecule has 0 aliphatic heterocycles. The number of aliphatic carboxylic acids is 2. The molecule has 0 bridgehead atoms. The van der Waals surface area contributed by atoms with Crippen LogP contribution < -0.4 is 16.8 Å². The van der Waals surface area contributed by atoms with Crippen molar-refractivity contribution in [2.45, 2.75) is 25.4 Å². The zero-order valence-electron chi connectivity index (χ0n) is 16.2. The van der Waals surface area contributed by atoms with E-state index >= 15 is 0 Å². The Balaban J connectivity index is 1.71. The third-order valence-corrected chi connectivity index (χ3v) is 5.63. The molecule has 3 aromatic heterocycles. The molecule has 0 aliphatic carbocycles. The average molecular weight is 444 g/mol. The van der Waals surface area contributed by atoms with Crippen LogP contribution in [0.1, 0.15) is 27.4 Å². The number of aromatic nitrogens is 3. The maximum atomic E-state index is 12.4. The normalized spacial score (nSPS) is 11.9. The number of hydrogen-bond donors (Lipinski definition) is 5. The summed E-state index contributed by atoms with van der Waals surface area (Å²) >= 11 is 1.14. The second kappa shape index (κ2) is 8.83. The Bertz CT molecular complexity index is 1180. The molecule has 0 aromatic carbocycles. The molecule has 0 fully saturated rings. The minimum absolute atomic E-state index is 0.0820. The number of nitrogens with two attached hydrogens (primary N) is 2. The van der Waals surface area contributed by atoms with E-state index in [2.05, 4.69) is 21.9 Å². The van der Waals surface area contributed by atoms with Gasteiger partial charge in [-0.1, -0.05) is 6.58 Å². The first kappa shape index (κ1) is 21.8. The van der Waals surface area contributed by atoms with Crippen molar-refractivity contribution in [3.63, 3.8) is 0 Å². The van der Waals surface area contributed by atoms with Gasteiger partial charge in [0.05, 0.1) is 10.4 Å². The van der Waals surface area contributed by atoms with E-state index in [0.29, 0.717) is 23.2 Å². The molecule has 3 rings (SSSR count). The number of amides is 1. The van der Waals surface area contributed by atoms with Gasteiger partial charge in [-0.3, -0.25) is 9.59 Å². The molecule has 0 saturated carbocycles. The molecule has 3 heterocycles. The second-order valence-electron chi connectivity index (χ2n) is 6.71. The van der Waals surface area contributed by atoms with E-state index < -0.39 is 23.9 Å². The number of carbonyl (C=O) groups excluding carboxylic acids is 1. The van der Waals surface area contributed by atoms with E-state index in [0.717, 1.165) is 16.2 Å². The van der Waals surface area contributed by atoms with Gasteiger partial charge in [-0.25, -0.2) is 9.78 Å². The minimum Gasteiger partial charge on any atom is -0.481 e. The lowest BCUT2D eigenvalue weighted by molar-refractivity contribution is -0.140. The number of nitrogens with zero attached hydrogens (tertiary/aromatic N) is 3. The Labute approximate surface area is 180 Å². The van der Waals surface area contributed by atoms with Crippen LogP contribution in [0.25, 0.3) is 16.6 Å². The van der Waals surface area contributed by atoms with Crippen molar-refractivity contribution in [3.8, 4) is 0 Å². The van der Waals surface area contributed by atoms with Crippen LogP contribution in [0.2, 0.25) is 0 Å². The van der Waals surface area contributed by atoms with Crippen LogP contribution in [0.4, 0.5) is 11.8 Å². The maximum absolute atomic E-state index is 12.4. The Morgan fingerprint density at radius 3 is 2.55 bits per heavy atom. The number of carbonyl (C=O) groups is 3. The lowest BCUT2D eigenvalue weighted by Gasteiger charge is -2.12. The van der Waals surface area contributed by atoms with Crippen LogP contribution >= 0.6 is 11.3 Å². The summed E-state index contributed by atoms with van der Waals surface area (Å²) in [5, 5.41) is 20.3. The number of hydrogen-bond acceptors (Lipinski definition) is 8. The number of nitrogen functional groups attached to an aromatic ring is 2. The van der Waals surface area contributed by atoms with Gasteiger partial charge in [0, 0.05) is 24.0 Å². The number of allylic oxidation sites excluding steroid dienone is 1.